The van der Waals surface area contributed by atoms with Gasteiger partial charge in [-0.25, -0.2) is 0 Å². The van der Waals surface area contributed by atoms with E-state index in [1.54, 1.807) is 0 Å². The third kappa shape index (κ3) is 2.33. The van der Waals surface area contributed by atoms with Crippen LogP contribution in [0.1, 0.15) is 44.7 Å². The van der Waals surface area contributed by atoms with E-state index in [-0.39, 0.29) is 24.2 Å². The molecule has 0 amide bonds. The van der Waals surface area contributed by atoms with Crippen LogP contribution in [0.15, 0.2) is 24.3 Å². The smallest absolute Gasteiger partial charge is 0.405 e. The molecule has 5 rings (SSSR count). The van der Waals surface area contributed by atoms with E-state index >= 15 is 0 Å². The van der Waals surface area contributed by atoms with Crippen LogP contribution in [-0.2, 0) is 21.8 Å². The van der Waals surface area contributed by atoms with Crippen molar-refractivity contribution in [1.29, 1.82) is 0 Å². The molecule has 0 radical (unpaired) electrons. The van der Waals surface area contributed by atoms with Gasteiger partial charge in [0.25, 0.3) is 0 Å². The van der Waals surface area contributed by atoms with Gasteiger partial charge < -0.3 is 9.31 Å². The van der Waals surface area contributed by atoms with E-state index in [9.17, 15) is 13.2 Å². The molecular weight excluding hydrogens is 316 g/mol. The number of benzene rings is 1. The molecule has 3 saturated carbocycles. The summed E-state index contributed by atoms with van der Waals surface area (Å²) in [5.74, 6) is 1.18. The van der Waals surface area contributed by atoms with Gasteiger partial charge in [0, 0.05) is 6.32 Å². The minimum Gasteiger partial charge on any atom is -0.405 e. The Balaban J connectivity index is 1.46. The van der Waals surface area contributed by atoms with Crippen molar-refractivity contribution in [2.75, 3.05) is 0 Å². The van der Waals surface area contributed by atoms with Gasteiger partial charge >= 0.3 is 13.3 Å². The van der Waals surface area contributed by atoms with Crippen molar-refractivity contribution in [2.45, 2.75) is 57.8 Å². The highest BCUT2D eigenvalue weighted by Gasteiger charge is 2.67. The lowest BCUT2D eigenvalue weighted by Gasteiger charge is -2.64. The fraction of sp³-hybridized carbons (Fsp3) is 0.667. The fourth-order valence-electron chi connectivity index (χ4n) is 5.06. The van der Waals surface area contributed by atoms with Crippen LogP contribution in [0.4, 0.5) is 13.2 Å². The Hall–Kier alpha value is -1.01. The maximum atomic E-state index is 12.6. The van der Waals surface area contributed by atoms with Crippen molar-refractivity contribution in [3.05, 3.63) is 35.4 Å². The number of rotatable bonds is 2. The molecule has 4 atom stereocenters. The van der Waals surface area contributed by atoms with E-state index in [0.29, 0.717) is 18.2 Å². The predicted molar refractivity (Wildman–Crippen MR) is 85.3 cm³/mol. The zero-order chi connectivity index (χ0) is 17.3. The normalized spacial score (nSPS) is 37.1. The number of hydrogen-bond acceptors (Lipinski definition) is 2. The summed E-state index contributed by atoms with van der Waals surface area (Å²) >= 11 is 0. The highest BCUT2D eigenvalue weighted by Crippen LogP contribution is 2.65. The van der Waals surface area contributed by atoms with Crippen LogP contribution in [-0.4, -0.2) is 18.8 Å². The molecule has 1 aromatic carbocycles. The van der Waals surface area contributed by atoms with Gasteiger partial charge in [-0.1, -0.05) is 26.0 Å². The summed E-state index contributed by atoms with van der Waals surface area (Å²) < 4.78 is 50.4. The standard InChI is InChI=1S/C18H22BF3O2/c1-16(2)13-8-14(16)17(3)15(9-13)23-19(24-17)10-11-4-6-12(7-5-11)18(20,21)22/h4-7,13-15H,8-10H2,1-3H3/t13-,14-,15+,17-/m0/s1. The van der Waals surface area contributed by atoms with Crippen molar-refractivity contribution in [1.82, 2.24) is 0 Å². The zero-order valence-corrected chi connectivity index (χ0v) is 14.2. The van der Waals surface area contributed by atoms with E-state index in [4.69, 9.17) is 9.31 Å². The van der Waals surface area contributed by atoms with Gasteiger partial charge in [-0.05, 0) is 54.7 Å². The molecule has 130 valence electrons. The molecule has 2 bridgehead atoms. The molecule has 0 spiro atoms. The van der Waals surface area contributed by atoms with Crippen molar-refractivity contribution in [3.63, 3.8) is 0 Å². The molecule has 0 N–H and O–H groups in total. The van der Waals surface area contributed by atoms with E-state index in [1.165, 1.54) is 18.6 Å². The monoisotopic (exact) mass is 338 g/mol. The van der Waals surface area contributed by atoms with Crippen LogP contribution in [0.25, 0.3) is 0 Å². The largest absolute Gasteiger partial charge is 0.462 e. The van der Waals surface area contributed by atoms with E-state index in [0.717, 1.165) is 24.1 Å². The molecule has 24 heavy (non-hydrogen) atoms. The lowest BCUT2D eigenvalue weighted by atomic mass is 9.43. The fourth-order valence-corrected chi connectivity index (χ4v) is 5.06. The van der Waals surface area contributed by atoms with Crippen LogP contribution in [0.2, 0.25) is 0 Å². The Labute approximate surface area is 140 Å². The number of hydrogen-bond donors (Lipinski definition) is 0. The summed E-state index contributed by atoms with van der Waals surface area (Å²) in [6.45, 7) is 6.76. The Morgan fingerprint density at radius 2 is 1.79 bits per heavy atom. The third-order valence-corrected chi connectivity index (χ3v) is 6.69. The Kier molecular flexibility index (Phi) is 3.44. The van der Waals surface area contributed by atoms with Crippen LogP contribution >= 0.6 is 0 Å². The van der Waals surface area contributed by atoms with E-state index < -0.39 is 11.7 Å². The first kappa shape index (κ1) is 16.5. The molecule has 2 nitrogen and oxygen atoms in total. The quantitative estimate of drug-likeness (QED) is 0.739. The maximum Gasteiger partial charge on any atom is 0.462 e. The highest BCUT2D eigenvalue weighted by atomic mass is 19.4. The topological polar surface area (TPSA) is 18.5 Å². The first-order chi connectivity index (χ1) is 11.1. The van der Waals surface area contributed by atoms with Crippen molar-refractivity contribution < 1.29 is 22.5 Å². The first-order valence-corrected chi connectivity index (χ1v) is 8.60. The van der Waals surface area contributed by atoms with Crippen molar-refractivity contribution >= 4 is 7.12 Å². The predicted octanol–water partition coefficient (Wildman–Crippen LogP) is 4.52. The molecule has 1 aliphatic heterocycles. The Morgan fingerprint density at radius 1 is 1.12 bits per heavy atom. The minimum absolute atomic E-state index is 0.105. The average molecular weight is 338 g/mol. The Morgan fingerprint density at radius 3 is 2.38 bits per heavy atom. The molecule has 4 fully saturated rings. The molecule has 1 saturated heterocycles. The summed E-state index contributed by atoms with van der Waals surface area (Å²) in [5, 5.41) is 0. The summed E-state index contributed by atoms with van der Waals surface area (Å²) in [6.07, 6.45) is -1.50. The van der Waals surface area contributed by atoms with Gasteiger partial charge in [0.2, 0.25) is 0 Å². The lowest BCUT2D eigenvalue weighted by Crippen LogP contribution is -2.65. The van der Waals surface area contributed by atoms with Crippen molar-refractivity contribution in [3.8, 4) is 0 Å². The molecule has 0 unspecified atom stereocenters. The SMILES string of the molecule is CC1(C)[C@@H]2C[C@H]3OB(Cc4ccc(C(F)(F)F)cc4)O[C@@]3(C)[C@H]1C2. The molecule has 4 aliphatic rings. The summed E-state index contributed by atoms with van der Waals surface area (Å²) in [4.78, 5) is 0. The van der Waals surface area contributed by atoms with Gasteiger partial charge in [0.1, 0.15) is 0 Å². The minimum atomic E-state index is -4.30. The third-order valence-electron chi connectivity index (χ3n) is 6.69. The number of alkyl halides is 3. The van der Waals surface area contributed by atoms with Crippen LogP contribution in [0, 0.1) is 17.3 Å². The van der Waals surface area contributed by atoms with Crippen LogP contribution < -0.4 is 0 Å². The highest BCUT2D eigenvalue weighted by molar-refractivity contribution is 6.44. The Bertz CT molecular complexity index is 643. The molecule has 3 aliphatic carbocycles. The molecule has 1 heterocycles. The van der Waals surface area contributed by atoms with Gasteiger partial charge in [0.05, 0.1) is 17.3 Å². The van der Waals surface area contributed by atoms with Gasteiger partial charge in [-0.2, -0.15) is 13.2 Å². The summed E-state index contributed by atoms with van der Waals surface area (Å²) in [6, 6.07) is 5.28. The van der Waals surface area contributed by atoms with Crippen LogP contribution in [0.5, 0.6) is 0 Å². The van der Waals surface area contributed by atoms with E-state index in [2.05, 4.69) is 20.8 Å². The summed E-state index contributed by atoms with van der Waals surface area (Å²) in [7, 11) is -0.369. The maximum absolute atomic E-state index is 12.6. The second-order valence-electron chi connectivity index (χ2n) is 8.30. The van der Waals surface area contributed by atoms with E-state index in [1.807, 2.05) is 0 Å². The molecule has 0 aromatic heterocycles. The second kappa shape index (κ2) is 5.01. The van der Waals surface area contributed by atoms with Crippen molar-refractivity contribution in [2.24, 2.45) is 17.3 Å². The summed E-state index contributed by atoms with van der Waals surface area (Å²) in [5.41, 5.74) is 0.205. The second-order valence-corrected chi connectivity index (χ2v) is 8.30. The van der Waals surface area contributed by atoms with Gasteiger partial charge in [-0.3, -0.25) is 0 Å². The zero-order valence-electron chi connectivity index (χ0n) is 14.2. The van der Waals surface area contributed by atoms with Crippen LogP contribution in [0.3, 0.4) is 0 Å². The number of halogens is 3. The molecule has 1 aromatic rings. The van der Waals surface area contributed by atoms with Gasteiger partial charge in [0.15, 0.2) is 0 Å². The molecule has 6 heteroatoms. The lowest BCUT2D eigenvalue weighted by molar-refractivity contribution is -0.199. The average Bonchev–Trinajstić information content (AvgIpc) is 2.81. The van der Waals surface area contributed by atoms with Gasteiger partial charge in [-0.15, -0.1) is 0 Å². The first-order valence-electron chi connectivity index (χ1n) is 8.60. The molecular formula is C18H22BF3O2.